The van der Waals surface area contributed by atoms with Gasteiger partial charge in [0, 0.05) is 16.6 Å². The van der Waals surface area contributed by atoms with Crippen LogP contribution >= 0.6 is 0 Å². The minimum Gasteiger partial charge on any atom is -0.489 e. The van der Waals surface area contributed by atoms with Gasteiger partial charge in [-0.1, -0.05) is 18.2 Å². The van der Waals surface area contributed by atoms with Crippen LogP contribution in [0.1, 0.15) is 44.9 Å². The number of para-hydroxylation sites is 1. The van der Waals surface area contributed by atoms with E-state index in [1.165, 1.54) is 12.1 Å². The number of carbonyl (C=O) groups excluding carboxylic acids is 1. The van der Waals surface area contributed by atoms with Crippen molar-refractivity contribution in [2.24, 2.45) is 5.92 Å². The number of hydrogen-bond donors (Lipinski definition) is 1. The predicted molar refractivity (Wildman–Crippen MR) is 139 cm³/mol. The molecule has 3 aromatic rings. The van der Waals surface area contributed by atoms with E-state index in [1.807, 2.05) is 37.3 Å². The average Bonchev–Trinajstić information content (AvgIpc) is 3.43. The molecule has 2 saturated heterocycles. The van der Waals surface area contributed by atoms with E-state index in [4.69, 9.17) is 14.2 Å². The first kappa shape index (κ1) is 25.6. The van der Waals surface area contributed by atoms with Gasteiger partial charge in [-0.2, -0.15) is 0 Å². The third-order valence-electron chi connectivity index (χ3n) is 6.70. The second kappa shape index (κ2) is 9.70. The molecule has 1 aromatic heterocycles. The molecule has 0 saturated carbocycles. The Bertz CT molecular complexity index is 1410. The molecular formula is C28H32N2O6S. The lowest BCUT2D eigenvalue weighted by Gasteiger charge is -2.30. The molecule has 2 aliphatic rings. The normalized spacial score (nSPS) is 23.4. The molecule has 2 aromatic carbocycles. The number of esters is 1. The van der Waals surface area contributed by atoms with Crippen molar-refractivity contribution in [1.29, 1.82) is 0 Å². The quantitative estimate of drug-likeness (QED) is 0.460. The largest absolute Gasteiger partial charge is 0.489 e. The van der Waals surface area contributed by atoms with Crippen molar-refractivity contribution in [1.82, 2.24) is 9.71 Å². The van der Waals surface area contributed by atoms with Gasteiger partial charge < -0.3 is 14.2 Å². The molecule has 0 spiro atoms. The zero-order valence-corrected chi connectivity index (χ0v) is 22.2. The summed E-state index contributed by atoms with van der Waals surface area (Å²) >= 11 is 0. The highest BCUT2D eigenvalue weighted by Crippen LogP contribution is 2.41. The summed E-state index contributed by atoms with van der Waals surface area (Å²) in [6, 6.07) is 15.5. The SMILES string of the molecule is Cc1cc(COc2ccc(S(=O)(=O)NC3C4CCC(O4)C3C(=O)OC(C)(C)C)cc2)c2ccccc2n1. The summed E-state index contributed by atoms with van der Waals surface area (Å²) in [6.45, 7) is 7.64. The molecule has 196 valence electrons. The van der Waals surface area contributed by atoms with Crippen LogP contribution in [0.4, 0.5) is 0 Å². The number of sulfonamides is 1. The molecule has 5 rings (SSSR count). The van der Waals surface area contributed by atoms with Crippen LogP contribution in [0.5, 0.6) is 5.75 Å². The molecule has 2 aliphatic heterocycles. The van der Waals surface area contributed by atoms with Crippen molar-refractivity contribution in [2.45, 2.75) is 75.9 Å². The molecule has 4 atom stereocenters. The Morgan fingerprint density at radius 1 is 1.08 bits per heavy atom. The lowest BCUT2D eigenvalue weighted by atomic mass is 9.85. The summed E-state index contributed by atoms with van der Waals surface area (Å²) in [4.78, 5) is 17.5. The van der Waals surface area contributed by atoms with Gasteiger partial charge in [0.2, 0.25) is 10.0 Å². The molecule has 2 bridgehead atoms. The van der Waals surface area contributed by atoms with Gasteiger partial charge in [0.15, 0.2) is 0 Å². The molecule has 3 heterocycles. The van der Waals surface area contributed by atoms with Gasteiger partial charge in [-0.3, -0.25) is 9.78 Å². The minimum atomic E-state index is -3.90. The smallest absolute Gasteiger partial charge is 0.313 e. The summed E-state index contributed by atoms with van der Waals surface area (Å²) in [5.74, 6) is -0.559. The van der Waals surface area contributed by atoms with Crippen LogP contribution in [-0.2, 0) is 30.9 Å². The number of fused-ring (bicyclic) bond motifs is 3. The van der Waals surface area contributed by atoms with Gasteiger partial charge in [0.05, 0.1) is 28.7 Å². The van der Waals surface area contributed by atoms with Crippen LogP contribution in [0.2, 0.25) is 0 Å². The zero-order valence-electron chi connectivity index (χ0n) is 21.4. The fraction of sp³-hybridized carbons (Fsp3) is 0.429. The molecule has 0 aliphatic carbocycles. The second-order valence-electron chi connectivity index (χ2n) is 10.7. The Balaban J connectivity index is 1.28. The molecule has 1 N–H and O–H groups in total. The summed E-state index contributed by atoms with van der Waals surface area (Å²) in [5, 5.41) is 1.02. The third kappa shape index (κ3) is 5.49. The van der Waals surface area contributed by atoms with E-state index in [0.29, 0.717) is 25.2 Å². The van der Waals surface area contributed by atoms with Gasteiger partial charge in [-0.05, 0) is 76.9 Å². The summed E-state index contributed by atoms with van der Waals surface area (Å²) in [6.07, 6.45) is 0.730. The van der Waals surface area contributed by atoms with E-state index in [9.17, 15) is 13.2 Å². The highest BCUT2D eigenvalue weighted by atomic mass is 32.2. The number of nitrogens with zero attached hydrogens (tertiary/aromatic N) is 1. The Morgan fingerprint density at radius 2 is 1.78 bits per heavy atom. The van der Waals surface area contributed by atoms with Crippen molar-refractivity contribution < 1.29 is 27.4 Å². The summed E-state index contributed by atoms with van der Waals surface area (Å²) in [7, 11) is -3.90. The third-order valence-corrected chi connectivity index (χ3v) is 8.18. The maximum Gasteiger partial charge on any atom is 0.313 e. The highest BCUT2D eigenvalue weighted by molar-refractivity contribution is 7.89. The lowest BCUT2D eigenvalue weighted by molar-refractivity contribution is -0.162. The molecule has 4 unspecified atom stereocenters. The number of pyridine rings is 1. The number of aromatic nitrogens is 1. The Hall–Kier alpha value is -3.01. The second-order valence-corrected chi connectivity index (χ2v) is 12.4. The summed E-state index contributed by atoms with van der Waals surface area (Å²) < 4.78 is 46.6. The standard InChI is InChI=1S/C28H32N2O6S/c1-17-15-18(21-7-5-6-8-22(21)29-17)16-34-19-9-11-20(12-10-19)37(32,33)30-26-24-14-13-23(35-24)25(26)27(31)36-28(2,3)4/h5-12,15,23-26,30H,13-14,16H2,1-4H3. The van der Waals surface area contributed by atoms with E-state index < -0.39 is 33.6 Å². The van der Waals surface area contributed by atoms with Crippen molar-refractivity contribution in [3.05, 3.63) is 65.9 Å². The van der Waals surface area contributed by atoms with Crippen molar-refractivity contribution in [2.75, 3.05) is 0 Å². The van der Waals surface area contributed by atoms with E-state index in [0.717, 1.165) is 22.2 Å². The van der Waals surface area contributed by atoms with Gasteiger partial charge in [-0.15, -0.1) is 0 Å². The van der Waals surface area contributed by atoms with Crippen molar-refractivity contribution in [3.8, 4) is 5.75 Å². The molecule has 0 radical (unpaired) electrons. The number of ether oxygens (including phenoxy) is 3. The van der Waals surface area contributed by atoms with Gasteiger partial charge >= 0.3 is 5.97 Å². The van der Waals surface area contributed by atoms with Gasteiger partial charge in [-0.25, -0.2) is 13.1 Å². The van der Waals surface area contributed by atoms with E-state index in [1.54, 1.807) is 32.9 Å². The highest BCUT2D eigenvalue weighted by Gasteiger charge is 2.54. The Morgan fingerprint density at radius 3 is 2.51 bits per heavy atom. The average molecular weight is 525 g/mol. The molecule has 37 heavy (non-hydrogen) atoms. The van der Waals surface area contributed by atoms with Crippen LogP contribution in [0.3, 0.4) is 0 Å². The first-order valence-electron chi connectivity index (χ1n) is 12.5. The first-order chi connectivity index (χ1) is 17.5. The van der Waals surface area contributed by atoms with Crippen molar-refractivity contribution in [3.63, 3.8) is 0 Å². The Labute approximate surface area is 217 Å². The number of rotatable bonds is 7. The first-order valence-corrected chi connectivity index (χ1v) is 14.0. The molecule has 2 fully saturated rings. The fourth-order valence-corrected chi connectivity index (χ4v) is 6.42. The van der Waals surface area contributed by atoms with Crippen LogP contribution in [0.25, 0.3) is 10.9 Å². The number of benzene rings is 2. The molecule has 0 amide bonds. The Kier molecular flexibility index (Phi) is 6.72. The minimum absolute atomic E-state index is 0.0933. The predicted octanol–water partition coefficient (Wildman–Crippen LogP) is 4.29. The van der Waals surface area contributed by atoms with Gasteiger partial charge in [0.1, 0.15) is 23.9 Å². The zero-order chi connectivity index (χ0) is 26.4. The lowest BCUT2D eigenvalue weighted by Crippen LogP contribution is -2.50. The van der Waals surface area contributed by atoms with Crippen molar-refractivity contribution >= 4 is 26.9 Å². The van der Waals surface area contributed by atoms with E-state index >= 15 is 0 Å². The van der Waals surface area contributed by atoms with Crippen LogP contribution < -0.4 is 9.46 Å². The number of carbonyl (C=O) groups is 1. The molecular weight excluding hydrogens is 492 g/mol. The number of hydrogen-bond acceptors (Lipinski definition) is 7. The number of nitrogens with one attached hydrogen (secondary N) is 1. The van der Waals surface area contributed by atoms with E-state index in [2.05, 4.69) is 9.71 Å². The molecule has 9 heteroatoms. The fourth-order valence-electron chi connectivity index (χ4n) is 5.14. The monoisotopic (exact) mass is 524 g/mol. The molecule has 8 nitrogen and oxygen atoms in total. The topological polar surface area (TPSA) is 104 Å². The summed E-state index contributed by atoms with van der Waals surface area (Å²) in [5.41, 5.74) is 2.15. The van der Waals surface area contributed by atoms with Gasteiger partial charge in [0.25, 0.3) is 0 Å². The number of aryl methyl sites for hydroxylation is 1. The maximum atomic E-state index is 13.2. The van der Waals surface area contributed by atoms with E-state index in [-0.39, 0.29) is 17.1 Å². The maximum absolute atomic E-state index is 13.2. The van der Waals surface area contributed by atoms with Crippen LogP contribution in [0, 0.1) is 12.8 Å². The van der Waals surface area contributed by atoms with Crippen LogP contribution in [-0.4, -0.2) is 43.2 Å². The van der Waals surface area contributed by atoms with Crippen LogP contribution in [0.15, 0.2) is 59.5 Å².